The second kappa shape index (κ2) is 12.8. The lowest BCUT2D eigenvalue weighted by molar-refractivity contribution is 0.0995. The highest BCUT2D eigenvalue weighted by molar-refractivity contribution is 6.04. The van der Waals surface area contributed by atoms with E-state index in [1.54, 1.807) is 40.6 Å². The fourth-order valence-electron chi connectivity index (χ4n) is 4.34. The second-order valence-corrected chi connectivity index (χ2v) is 9.09. The minimum absolute atomic E-state index is 0.0330. The zero-order valence-electron chi connectivity index (χ0n) is 23.0. The van der Waals surface area contributed by atoms with E-state index in [0.717, 1.165) is 0 Å². The Bertz CT molecular complexity index is 1640. The Hall–Kier alpha value is -5.14. The van der Waals surface area contributed by atoms with Crippen LogP contribution in [0.3, 0.4) is 0 Å². The number of hydrogen-bond donors (Lipinski definition) is 3. The fourth-order valence-corrected chi connectivity index (χ4v) is 4.34. The first-order chi connectivity index (χ1) is 19.7. The maximum absolute atomic E-state index is 13.2. The summed E-state index contributed by atoms with van der Waals surface area (Å²) in [7, 11) is 1.46. The molecule has 4 N–H and O–H groups in total. The van der Waals surface area contributed by atoms with Gasteiger partial charge in [0, 0.05) is 37.5 Å². The number of nitrogens with two attached hydrogens (primary N) is 1. The summed E-state index contributed by atoms with van der Waals surface area (Å²) in [4.78, 5) is 53.5. The lowest BCUT2D eigenvalue weighted by Gasteiger charge is -2.13. The molecule has 0 saturated carbocycles. The Morgan fingerprint density at radius 3 is 2.63 bits per heavy atom. The molecule has 3 aromatic heterocycles. The minimum atomic E-state index is -0.646. The van der Waals surface area contributed by atoms with Gasteiger partial charge in [-0.3, -0.25) is 24.4 Å². The van der Waals surface area contributed by atoms with Gasteiger partial charge >= 0.3 is 6.09 Å². The number of fused-ring (bicyclic) bond motifs is 1. The van der Waals surface area contributed by atoms with Crippen LogP contribution in [0.5, 0.6) is 5.75 Å². The van der Waals surface area contributed by atoms with E-state index in [-0.39, 0.29) is 36.8 Å². The Kier molecular flexibility index (Phi) is 9.02. The topological polar surface area (TPSA) is 177 Å². The van der Waals surface area contributed by atoms with E-state index in [9.17, 15) is 19.2 Å². The molecule has 0 bridgehead atoms. The number of nitrogens with zero attached hydrogens (tertiary/aromatic N) is 5. The first-order valence-corrected chi connectivity index (χ1v) is 13.0. The molecule has 3 amide bonds. The van der Waals surface area contributed by atoms with Crippen LogP contribution in [-0.2, 0) is 24.4 Å². The zero-order chi connectivity index (χ0) is 29.5. The van der Waals surface area contributed by atoms with Crippen molar-refractivity contribution in [2.45, 2.75) is 39.9 Å². The van der Waals surface area contributed by atoms with Gasteiger partial charge in [-0.1, -0.05) is 6.07 Å². The van der Waals surface area contributed by atoms with Gasteiger partial charge in [0.25, 0.3) is 11.5 Å². The number of alkyl carbamates (subject to hydrolysis) is 1. The molecule has 41 heavy (non-hydrogen) atoms. The standard InChI is InChI=1S/C27H32N8O6/c1-4-35-20(14-17(2)32-35)25(38)31-26-30-19-15-18(24(28)37)16-21(40-3)23(19)34(26)11-7-9-29-27(39)41-13-12-33-10-6-5-8-22(33)36/h5-6,8,10,14-16H,4,7,9,11-13H2,1-3H3,(H2,28,37)(H,29,39)(H,30,31,38). The summed E-state index contributed by atoms with van der Waals surface area (Å²) >= 11 is 0. The van der Waals surface area contributed by atoms with Gasteiger partial charge in [0.1, 0.15) is 23.6 Å². The largest absolute Gasteiger partial charge is 0.494 e. The van der Waals surface area contributed by atoms with Gasteiger partial charge in [0.15, 0.2) is 0 Å². The van der Waals surface area contributed by atoms with Crippen molar-refractivity contribution in [1.82, 2.24) is 29.2 Å². The Balaban J connectivity index is 1.48. The number of primary amides is 1. The van der Waals surface area contributed by atoms with Crippen LogP contribution in [0.15, 0.2) is 47.4 Å². The predicted molar refractivity (Wildman–Crippen MR) is 150 cm³/mol. The number of hydrogen-bond acceptors (Lipinski definition) is 8. The number of benzene rings is 1. The van der Waals surface area contributed by atoms with Gasteiger partial charge in [0.05, 0.1) is 24.9 Å². The number of carbonyl (C=O) groups is 3. The molecule has 0 unspecified atom stereocenters. The summed E-state index contributed by atoms with van der Waals surface area (Å²) in [5, 5.41) is 9.84. The fraction of sp³-hybridized carbons (Fsp3) is 0.333. The molecule has 14 heteroatoms. The molecular weight excluding hydrogens is 532 g/mol. The van der Waals surface area contributed by atoms with Crippen molar-refractivity contribution in [2.75, 3.05) is 25.6 Å². The lowest BCUT2D eigenvalue weighted by atomic mass is 10.1. The van der Waals surface area contributed by atoms with E-state index < -0.39 is 17.9 Å². The van der Waals surface area contributed by atoms with E-state index in [0.29, 0.717) is 47.7 Å². The van der Waals surface area contributed by atoms with Crippen molar-refractivity contribution in [1.29, 1.82) is 0 Å². The van der Waals surface area contributed by atoms with Gasteiger partial charge in [-0.05, 0) is 44.5 Å². The summed E-state index contributed by atoms with van der Waals surface area (Å²) in [6.45, 7) is 5.03. The van der Waals surface area contributed by atoms with Crippen LogP contribution in [0.2, 0.25) is 0 Å². The van der Waals surface area contributed by atoms with Crippen molar-refractivity contribution in [3.8, 4) is 5.75 Å². The van der Waals surface area contributed by atoms with Crippen LogP contribution >= 0.6 is 0 Å². The molecular formula is C27H32N8O6. The van der Waals surface area contributed by atoms with Crippen LogP contribution in [0.4, 0.5) is 10.7 Å². The van der Waals surface area contributed by atoms with Gasteiger partial charge < -0.3 is 29.7 Å². The molecule has 4 aromatic rings. The SMILES string of the molecule is CCn1nc(C)cc1C(=O)Nc1nc2cc(C(N)=O)cc(OC)c2n1CCCNC(=O)OCCn1ccccc1=O. The monoisotopic (exact) mass is 564 g/mol. The average Bonchev–Trinajstić information content (AvgIpc) is 3.50. The maximum Gasteiger partial charge on any atom is 0.407 e. The highest BCUT2D eigenvalue weighted by Crippen LogP contribution is 2.31. The number of aryl methyl sites for hydroxylation is 3. The molecule has 14 nitrogen and oxygen atoms in total. The van der Waals surface area contributed by atoms with Crippen LogP contribution in [0.1, 0.15) is 39.9 Å². The van der Waals surface area contributed by atoms with Crippen molar-refractivity contribution >= 4 is 34.9 Å². The highest BCUT2D eigenvalue weighted by atomic mass is 16.5. The van der Waals surface area contributed by atoms with E-state index in [1.807, 2.05) is 6.92 Å². The number of methoxy groups -OCH3 is 1. The summed E-state index contributed by atoms with van der Waals surface area (Å²) < 4.78 is 15.5. The molecule has 0 spiro atoms. The normalized spacial score (nSPS) is 10.9. The molecule has 4 rings (SSSR count). The third-order valence-corrected chi connectivity index (χ3v) is 6.26. The molecule has 0 fully saturated rings. The third-order valence-electron chi connectivity index (χ3n) is 6.26. The van der Waals surface area contributed by atoms with Gasteiger partial charge in [0.2, 0.25) is 11.9 Å². The molecule has 0 aliphatic carbocycles. The quantitative estimate of drug-likeness (QED) is 0.218. The van der Waals surface area contributed by atoms with E-state index in [2.05, 4.69) is 20.7 Å². The smallest absolute Gasteiger partial charge is 0.407 e. The van der Waals surface area contributed by atoms with Crippen LogP contribution < -0.4 is 26.7 Å². The molecule has 216 valence electrons. The third kappa shape index (κ3) is 6.72. The number of carbonyl (C=O) groups excluding carboxylic acids is 3. The molecule has 3 heterocycles. The van der Waals surface area contributed by atoms with Crippen LogP contribution in [0.25, 0.3) is 11.0 Å². The second-order valence-electron chi connectivity index (χ2n) is 9.09. The van der Waals surface area contributed by atoms with E-state index >= 15 is 0 Å². The van der Waals surface area contributed by atoms with Gasteiger partial charge in [-0.25, -0.2) is 9.78 Å². The summed E-state index contributed by atoms with van der Waals surface area (Å²) in [5.74, 6) is -0.477. The molecule has 0 radical (unpaired) electrons. The summed E-state index contributed by atoms with van der Waals surface area (Å²) in [5.41, 5.74) is 7.53. The first-order valence-electron chi connectivity index (χ1n) is 13.0. The number of pyridine rings is 1. The first kappa shape index (κ1) is 28.9. The Morgan fingerprint density at radius 1 is 1.12 bits per heavy atom. The van der Waals surface area contributed by atoms with Crippen molar-refractivity contribution in [3.63, 3.8) is 0 Å². The summed E-state index contributed by atoms with van der Waals surface area (Å²) in [6, 6.07) is 9.51. The number of ether oxygens (including phenoxy) is 2. The van der Waals surface area contributed by atoms with Crippen molar-refractivity contribution < 1.29 is 23.9 Å². The Labute approximate surface area is 235 Å². The van der Waals surface area contributed by atoms with Gasteiger partial charge in [-0.15, -0.1) is 0 Å². The number of amides is 3. The van der Waals surface area contributed by atoms with Crippen LogP contribution in [-0.4, -0.2) is 62.1 Å². The van der Waals surface area contributed by atoms with Crippen molar-refractivity contribution in [3.05, 3.63) is 69.9 Å². The number of nitrogens with one attached hydrogen (secondary N) is 2. The van der Waals surface area contributed by atoms with E-state index in [1.165, 1.54) is 29.9 Å². The molecule has 0 aliphatic heterocycles. The van der Waals surface area contributed by atoms with Gasteiger partial charge in [-0.2, -0.15) is 5.10 Å². The number of imidazole rings is 1. The van der Waals surface area contributed by atoms with Crippen molar-refractivity contribution in [2.24, 2.45) is 5.73 Å². The molecule has 0 saturated heterocycles. The van der Waals surface area contributed by atoms with Crippen LogP contribution in [0, 0.1) is 6.92 Å². The average molecular weight is 565 g/mol. The predicted octanol–water partition coefficient (Wildman–Crippen LogP) is 1.90. The molecule has 1 aromatic carbocycles. The summed E-state index contributed by atoms with van der Waals surface area (Å²) in [6.07, 6.45) is 1.44. The van der Waals surface area contributed by atoms with E-state index in [4.69, 9.17) is 15.2 Å². The molecule has 0 atom stereocenters. The number of anilines is 1. The lowest BCUT2D eigenvalue weighted by Crippen LogP contribution is -2.28. The minimum Gasteiger partial charge on any atom is -0.494 e. The maximum atomic E-state index is 13.2. The highest BCUT2D eigenvalue weighted by Gasteiger charge is 2.21. The molecule has 0 aliphatic rings. The number of aromatic nitrogens is 5. The zero-order valence-corrected chi connectivity index (χ0v) is 23.0. The Morgan fingerprint density at radius 2 is 1.93 bits per heavy atom. The number of rotatable bonds is 12.